The second-order valence-corrected chi connectivity index (χ2v) is 14.7. The lowest BCUT2D eigenvalue weighted by Crippen LogP contribution is -2.41. The standard InChI is InChI=1S/C38H58N8O10/c1-5-6-7-8-9-10-11-12-13-14-17-44-23-26(41-42-44)22-43(24-27-20-29(53-3)35(55-27)45-18-15-31(47)39-37(45)50)33(49)21-28-30(25-52-2)56-36(34(28)54-4)46-19-16-32(48)40-38(46)51/h15-16,18-19,23,27-30,34-36H,5-14,17,20-22,24-25H2,1-4H3,(H,39,47,50)(H,40,48,51)/t27-,28?,29+,30+,34+,35+,36+/m0/s1. The third-order valence-electron chi connectivity index (χ3n) is 10.7. The Hall–Kier alpha value is -4.23. The van der Waals surface area contributed by atoms with E-state index in [0.29, 0.717) is 18.7 Å². The molecule has 5 heterocycles. The van der Waals surface area contributed by atoms with E-state index >= 15 is 0 Å². The topological polar surface area (TPSA) is 207 Å². The van der Waals surface area contributed by atoms with Gasteiger partial charge in [-0.25, -0.2) is 9.59 Å². The molecular formula is C38H58N8O10. The molecule has 18 heteroatoms. The summed E-state index contributed by atoms with van der Waals surface area (Å²) in [5, 5.41) is 8.75. The molecule has 0 radical (unpaired) electrons. The summed E-state index contributed by atoms with van der Waals surface area (Å²) in [5.74, 6) is -0.808. The highest BCUT2D eigenvalue weighted by Gasteiger charge is 2.48. The van der Waals surface area contributed by atoms with Gasteiger partial charge in [-0.2, -0.15) is 0 Å². The van der Waals surface area contributed by atoms with Crippen LogP contribution in [-0.2, 0) is 41.6 Å². The van der Waals surface area contributed by atoms with Crippen LogP contribution in [0, 0.1) is 5.92 Å². The van der Waals surface area contributed by atoms with E-state index in [2.05, 4.69) is 27.2 Å². The molecule has 0 spiro atoms. The Balaban J connectivity index is 1.29. The van der Waals surface area contributed by atoms with E-state index in [1.807, 2.05) is 6.20 Å². The molecule has 310 valence electrons. The number of ether oxygens (including phenoxy) is 5. The summed E-state index contributed by atoms with van der Waals surface area (Å²) >= 11 is 0. The molecule has 2 aliphatic heterocycles. The van der Waals surface area contributed by atoms with Crippen molar-refractivity contribution < 1.29 is 28.5 Å². The third-order valence-corrected chi connectivity index (χ3v) is 10.7. The zero-order valence-electron chi connectivity index (χ0n) is 33.0. The highest BCUT2D eigenvalue weighted by atomic mass is 16.6. The van der Waals surface area contributed by atoms with E-state index in [1.54, 1.807) is 9.58 Å². The number of nitrogens with zero attached hydrogens (tertiary/aromatic N) is 6. The summed E-state index contributed by atoms with van der Waals surface area (Å²) in [6, 6.07) is 2.45. The smallest absolute Gasteiger partial charge is 0.330 e. The predicted octanol–water partition coefficient (Wildman–Crippen LogP) is 2.50. The zero-order chi connectivity index (χ0) is 40.0. The number of methoxy groups -OCH3 is 3. The van der Waals surface area contributed by atoms with Crippen molar-refractivity contribution in [2.75, 3.05) is 34.5 Å². The van der Waals surface area contributed by atoms with Crippen LogP contribution in [0.4, 0.5) is 0 Å². The fourth-order valence-electron chi connectivity index (χ4n) is 7.72. The first-order valence-electron chi connectivity index (χ1n) is 19.8. The SMILES string of the molecule is CCCCCCCCCCCCn1cc(CN(C[C@@H]2C[C@@H](OC)[C@H](n3ccc(=O)[nH]c3=O)O2)C(=O)CC2[C@@H](OC)[C@H](n3ccc(=O)[nH]c3=O)O[C@@H]2COC)nn1. The number of nitrogens with one attached hydrogen (secondary N) is 2. The van der Waals surface area contributed by atoms with Gasteiger partial charge in [-0.1, -0.05) is 69.9 Å². The van der Waals surface area contributed by atoms with E-state index in [0.717, 1.165) is 12.8 Å². The number of unbranched alkanes of at least 4 members (excludes halogenated alkanes) is 9. The van der Waals surface area contributed by atoms with Crippen LogP contribution in [-0.4, -0.2) is 104 Å². The van der Waals surface area contributed by atoms with Gasteiger partial charge < -0.3 is 28.6 Å². The van der Waals surface area contributed by atoms with Crippen LogP contribution in [0.1, 0.15) is 102 Å². The molecule has 1 unspecified atom stereocenters. The molecule has 7 atom stereocenters. The Labute approximate surface area is 325 Å². The molecule has 2 aliphatic rings. The van der Waals surface area contributed by atoms with Gasteiger partial charge in [0.15, 0.2) is 12.5 Å². The Morgan fingerprint density at radius 3 is 2.07 bits per heavy atom. The Morgan fingerprint density at radius 1 is 0.857 bits per heavy atom. The molecule has 2 saturated heterocycles. The lowest BCUT2D eigenvalue weighted by molar-refractivity contribution is -0.137. The van der Waals surface area contributed by atoms with Gasteiger partial charge in [0.25, 0.3) is 11.1 Å². The van der Waals surface area contributed by atoms with Gasteiger partial charge in [0.2, 0.25) is 5.91 Å². The van der Waals surface area contributed by atoms with Gasteiger partial charge in [-0.15, -0.1) is 5.10 Å². The molecule has 0 aliphatic carbocycles. The van der Waals surface area contributed by atoms with Gasteiger partial charge in [-0.3, -0.25) is 38.2 Å². The summed E-state index contributed by atoms with van der Waals surface area (Å²) < 4.78 is 33.9. The van der Waals surface area contributed by atoms with Gasteiger partial charge in [0.1, 0.15) is 17.9 Å². The van der Waals surface area contributed by atoms with E-state index in [4.69, 9.17) is 23.7 Å². The number of aryl methyl sites for hydroxylation is 1. The summed E-state index contributed by atoms with van der Waals surface area (Å²) in [6.07, 6.45) is 12.9. The van der Waals surface area contributed by atoms with Crippen molar-refractivity contribution in [3.63, 3.8) is 0 Å². The number of aromatic amines is 2. The molecule has 0 bridgehead atoms. The zero-order valence-corrected chi connectivity index (χ0v) is 33.0. The number of rotatable bonds is 23. The molecular weight excluding hydrogens is 728 g/mol. The number of aromatic nitrogens is 7. The van der Waals surface area contributed by atoms with Gasteiger partial charge >= 0.3 is 11.4 Å². The molecule has 56 heavy (non-hydrogen) atoms. The maximum atomic E-state index is 14.5. The molecule has 2 N–H and O–H groups in total. The van der Waals surface area contributed by atoms with E-state index in [1.165, 1.54) is 106 Å². The Kier molecular flexibility index (Phi) is 16.3. The average Bonchev–Trinajstić information content (AvgIpc) is 3.89. The number of carbonyl (C=O) groups excluding carboxylic acids is 1. The minimum atomic E-state index is -0.932. The van der Waals surface area contributed by atoms with Crippen LogP contribution >= 0.6 is 0 Å². The number of amides is 1. The van der Waals surface area contributed by atoms with E-state index in [-0.39, 0.29) is 32.0 Å². The van der Waals surface area contributed by atoms with Crippen molar-refractivity contribution in [1.82, 2.24) is 39.0 Å². The second kappa shape index (κ2) is 21.3. The number of hydrogen-bond acceptors (Lipinski definition) is 12. The molecule has 3 aromatic heterocycles. The van der Waals surface area contributed by atoms with Crippen molar-refractivity contribution >= 4 is 5.91 Å². The van der Waals surface area contributed by atoms with Crippen LogP contribution in [0.5, 0.6) is 0 Å². The molecule has 3 aromatic rings. The largest absolute Gasteiger partial charge is 0.382 e. The maximum absolute atomic E-state index is 14.5. The molecule has 2 fully saturated rings. The lowest BCUT2D eigenvalue weighted by atomic mass is 9.93. The van der Waals surface area contributed by atoms with Crippen LogP contribution in [0.15, 0.2) is 49.9 Å². The number of hydrogen-bond donors (Lipinski definition) is 2. The highest BCUT2D eigenvalue weighted by Crippen LogP contribution is 2.38. The first kappa shape index (κ1) is 42.9. The fourth-order valence-corrected chi connectivity index (χ4v) is 7.72. The Morgan fingerprint density at radius 2 is 1.48 bits per heavy atom. The third kappa shape index (κ3) is 11.4. The fraction of sp³-hybridized carbons (Fsp3) is 0.711. The minimum absolute atomic E-state index is 0.0445. The molecule has 18 nitrogen and oxygen atoms in total. The summed E-state index contributed by atoms with van der Waals surface area (Å²) in [4.78, 5) is 69.6. The van der Waals surface area contributed by atoms with Gasteiger partial charge in [0, 0.05) is 77.7 Å². The predicted molar refractivity (Wildman–Crippen MR) is 204 cm³/mol. The van der Waals surface area contributed by atoms with E-state index in [9.17, 15) is 24.0 Å². The highest BCUT2D eigenvalue weighted by molar-refractivity contribution is 5.76. The molecule has 5 rings (SSSR count). The van der Waals surface area contributed by atoms with Crippen LogP contribution in [0.25, 0.3) is 0 Å². The van der Waals surface area contributed by atoms with Gasteiger partial charge in [0.05, 0.1) is 31.6 Å². The minimum Gasteiger partial charge on any atom is -0.382 e. The maximum Gasteiger partial charge on any atom is 0.330 e. The number of H-pyrrole nitrogens is 2. The summed E-state index contributed by atoms with van der Waals surface area (Å²) in [5.41, 5.74) is -1.79. The van der Waals surface area contributed by atoms with Crippen LogP contribution < -0.4 is 22.5 Å². The average molecular weight is 787 g/mol. The second-order valence-electron chi connectivity index (χ2n) is 14.7. The number of carbonyl (C=O) groups is 1. The van der Waals surface area contributed by atoms with Crippen molar-refractivity contribution in [3.8, 4) is 0 Å². The first-order chi connectivity index (χ1) is 27.1. The molecule has 0 aromatic carbocycles. The summed E-state index contributed by atoms with van der Waals surface area (Å²) in [6.45, 7) is 3.32. The normalized spacial score (nSPS) is 23.5. The molecule has 0 saturated carbocycles. The van der Waals surface area contributed by atoms with Crippen molar-refractivity contribution in [2.24, 2.45) is 5.92 Å². The van der Waals surface area contributed by atoms with Crippen molar-refractivity contribution in [1.29, 1.82) is 0 Å². The van der Waals surface area contributed by atoms with Crippen LogP contribution in [0.3, 0.4) is 0 Å². The van der Waals surface area contributed by atoms with Crippen LogP contribution in [0.2, 0.25) is 0 Å². The van der Waals surface area contributed by atoms with Crippen molar-refractivity contribution in [2.45, 2.75) is 134 Å². The van der Waals surface area contributed by atoms with Crippen molar-refractivity contribution in [3.05, 3.63) is 78.1 Å². The lowest BCUT2D eigenvalue weighted by Gasteiger charge is -2.28. The molecule has 1 amide bonds. The van der Waals surface area contributed by atoms with Gasteiger partial charge in [-0.05, 0) is 6.42 Å². The quantitative estimate of drug-likeness (QED) is 0.133. The monoisotopic (exact) mass is 786 g/mol. The summed E-state index contributed by atoms with van der Waals surface area (Å²) in [7, 11) is 4.51. The van der Waals surface area contributed by atoms with E-state index < -0.39 is 65.3 Å². The first-order valence-corrected chi connectivity index (χ1v) is 19.8. The Bertz CT molecular complexity index is 1910.